The molecule has 1 aliphatic rings. The maximum Gasteiger partial charge on any atom is 0.409 e. The molecule has 3 rings (SSSR count). The summed E-state index contributed by atoms with van der Waals surface area (Å²) in [5.41, 5.74) is 1.31. The lowest BCUT2D eigenvalue weighted by Gasteiger charge is -2.33. The Hall–Kier alpha value is -3.23. The summed E-state index contributed by atoms with van der Waals surface area (Å²) in [5, 5.41) is 11.2. The number of carbonyl (C=O) groups is 2. The molecule has 0 unspecified atom stereocenters. The van der Waals surface area contributed by atoms with Gasteiger partial charge in [0.15, 0.2) is 5.69 Å². The van der Waals surface area contributed by atoms with Crippen molar-refractivity contribution in [3.8, 4) is 0 Å². The van der Waals surface area contributed by atoms with Crippen molar-refractivity contribution in [3.63, 3.8) is 0 Å². The minimum Gasteiger partial charge on any atom is -0.450 e. The van der Waals surface area contributed by atoms with E-state index >= 15 is 0 Å². The summed E-state index contributed by atoms with van der Waals surface area (Å²) in [7, 11) is 0. The molecule has 0 saturated carbocycles. The minimum atomic E-state index is -0.339. The highest BCUT2D eigenvalue weighted by molar-refractivity contribution is 5.92. The van der Waals surface area contributed by atoms with E-state index in [1.165, 1.54) is 0 Å². The molecule has 0 bridgehead atoms. The summed E-state index contributed by atoms with van der Waals surface area (Å²) in [6.45, 7) is 4.47. The van der Waals surface area contributed by atoms with Crippen molar-refractivity contribution < 1.29 is 14.3 Å². The minimum absolute atomic E-state index is 0.190. The van der Waals surface area contributed by atoms with Crippen LogP contribution in [0.3, 0.4) is 0 Å². The number of rotatable bonds is 5. The topological polar surface area (TPSA) is 101 Å². The first kappa shape index (κ1) is 18.6. The molecule has 1 aliphatic heterocycles. The molecule has 9 heteroatoms. The van der Waals surface area contributed by atoms with E-state index in [2.05, 4.69) is 20.5 Å². The van der Waals surface area contributed by atoms with Crippen molar-refractivity contribution in [2.75, 3.05) is 38.1 Å². The molecular weight excluding hydrogens is 348 g/mol. The van der Waals surface area contributed by atoms with Crippen molar-refractivity contribution in [1.82, 2.24) is 25.0 Å². The molecule has 2 aromatic rings. The molecule has 2 amide bonds. The van der Waals surface area contributed by atoms with Crippen LogP contribution in [0.15, 0.2) is 36.7 Å². The van der Waals surface area contributed by atoms with Crippen LogP contribution in [0.4, 0.5) is 10.6 Å². The number of nitrogens with one attached hydrogen (secondary N) is 1. The molecule has 0 aromatic carbocycles. The molecule has 1 N–H and O–H groups in total. The smallest absolute Gasteiger partial charge is 0.409 e. The van der Waals surface area contributed by atoms with Crippen LogP contribution >= 0.6 is 0 Å². The highest BCUT2D eigenvalue weighted by Crippen LogP contribution is 2.10. The number of hydrogen-bond donors (Lipinski definition) is 1. The average Bonchev–Trinajstić information content (AvgIpc) is 2.73. The number of anilines is 1. The predicted molar refractivity (Wildman–Crippen MR) is 98.1 cm³/mol. The number of hydrogen-bond acceptors (Lipinski definition) is 7. The first-order valence-electron chi connectivity index (χ1n) is 8.85. The first-order valence-corrected chi connectivity index (χ1v) is 8.85. The molecule has 27 heavy (non-hydrogen) atoms. The van der Waals surface area contributed by atoms with Gasteiger partial charge in [0.1, 0.15) is 5.82 Å². The Morgan fingerprint density at radius 3 is 2.52 bits per heavy atom. The molecular formula is C18H22N6O3. The molecule has 0 spiro atoms. The average molecular weight is 370 g/mol. The third-order valence-electron chi connectivity index (χ3n) is 4.17. The molecule has 142 valence electrons. The maximum absolute atomic E-state index is 12.6. The lowest BCUT2D eigenvalue weighted by molar-refractivity contribution is 0.0565. The van der Waals surface area contributed by atoms with Gasteiger partial charge in [-0.3, -0.25) is 9.78 Å². The van der Waals surface area contributed by atoms with Gasteiger partial charge in [-0.15, -0.1) is 10.2 Å². The summed E-state index contributed by atoms with van der Waals surface area (Å²) in [5.74, 6) is 0.396. The van der Waals surface area contributed by atoms with Gasteiger partial charge in [0.05, 0.1) is 6.61 Å². The Kier molecular flexibility index (Phi) is 6.14. The monoisotopic (exact) mass is 370 g/mol. The first-order chi connectivity index (χ1) is 13.2. The fraction of sp³-hybridized carbons (Fsp3) is 0.389. The van der Waals surface area contributed by atoms with Crippen LogP contribution in [-0.4, -0.2) is 69.8 Å². The molecule has 9 nitrogen and oxygen atoms in total. The zero-order valence-corrected chi connectivity index (χ0v) is 15.2. The van der Waals surface area contributed by atoms with Crippen molar-refractivity contribution in [2.24, 2.45) is 0 Å². The second-order valence-corrected chi connectivity index (χ2v) is 6.00. The van der Waals surface area contributed by atoms with E-state index in [0.717, 1.165) is 5.56 Å². The Morgan fingerprint density at radius 2 is 1.89 bits per heavy atom. The van der Waals surface area contributed by atoms with Gasteiger partial charge in [-0.05, 0) is 30.7 Å². The largest absolute Gasteiger partial charge is 0.450 e. The number of carbonyl (C=O) groups excluding carboxylic acids is 2. The van der Waals surface area contributed by atoms with Gasteiger partial charge in [0.2, 0.25) is 0 Å². The van der Waals surface area contributed by atoms with Crippen LogP contribution in [-0.2, 0) is 11.3 Å². The fourth-order valence-electron chi connectivity index (χ4n) is 2.70. The Labute approximate surface area is 157 Å². The van der Waals surface area contributed by atoms with Crippen LogP contribution in [0.1, 0.15) is 23.0 Å². The third-order valence-corrected chi connectivity index (χ3v) is 4.17. The van der Waals surface area contributed by atoms with Gasteiger partial charge in [-0.1, -0.05) is 6.07 Å². The van der Waals surface area contributed by atoms with Crippen LogP contribution in [0.5, 0.6) is 0 Å². The van der Waals surface area contributed by atoms with Crippen LogP contribution < -0.4 is 5.32 Å². The van der Waals surface area contributed by atoms with E-state index in [-0.39, 0.29) is 17.7 Å². The number of nitrogens with zero attached hydrogens (tertiary/aromatic N) is 5. The lowest BCUT2D eigenvalue weighted by Crippen LogP contribution is -2.50. The summed E-state index contributed by atoms with van der Waals surface area (Å²) >= 11 is 0. The third kappa shape index (κ3) is 4.90. The fourth-order valence-corrected chi connectivity index (χ4v) is 2.70. The zero-order chi connectivity index (χ0) is 19.1. The Bertz CT molecular complexity index is 760. The highest BCUT2D eigenvalue weighted by atomic mass is 16.6. The van der Waals surface area contributed by atoms with Gasteiger partial charge in [-0.25, -0.2) is 4.79 Å². The number of pyridine rings is 1. The second kappa shape index (κ2) is 8.93. The van der Waals surface area contributed by atoms with Crippen molar-refractivity contribution in [2.45, 2.75) is 13.5 Å². The Morgan fingerprint density at radius 1 is 1.11 bits per heavy atom. The van der Waals surface area contributed by atoms with E-state index < -0.39 is 0 Å². The normalized spacial score (nSPS) is 14.0. The number of aromatic nitrogens is 3. The van der Waals surface area contributed by atoms with Crippen LogP contribution in [0.25, 0.3) is 0 Å². The van der Waals surface area contributed by atoms with Gasteiger partial charge in [0, 0.05) is 45.1 Å². The van der Waals surface area contributed by atoms with E-state index in [1.807, 2.05) is 12.1 Å². The van der Waals surface area contributed by atoms with Gasteiger partial charge in [0.25, 0.3) is 5.91 Å². The molecule has 0 radical (unpaired) electrons. The molecule has 0 atom stereocenters. The van der Waals surface area contributed by atoms with Crippen molar-refractivity contribution in [3.05, 3.63) is 47.9 Å². The molecule has 3 heterocycles. The summed E-state index contributed by atoms with van der Waals surface area (Å²) in [6, 6.07) is 7.21. The molecule has 0 aliphatic carbocycles. The number of amides is 2. The van der Waals surface area contributed by atoms with Crippen molar-refractivity contribution in [1.29, 1.82) is 0 Å². The summed E-state index contributed by atoms with van der Waals surface area (Å²) < 4.78 is 4.98. The maximum atomic E-state index is 12.6. The SMILES string of the molecule is CCOC(=O)N1CCN(C(=O)c2ccc(NCc3cccnc3)nn2)CC1. The Balaban J connectivity index is 1.51. The highest BCUT2D eigenvalue weighted by Gasteiger charge is 2.26. The zero-order valence-electron chi connectivity index (χ0n) is 15.2. The van der Waals surface area contributed by atoms with Crippen molar-refractivity contribution >= 4 is 17.8 Å². The van der Waals surface area contributed by atoms with E-state index in [9.17, 15) is 9.59 Å². The van der Waals surface area contributed by atoms with E-state index in [1.54, 1.807) is 41.2 Å². The molecule has 1 saturated heterocycles. The van der Waals surface area contributed by atoms with E-state index in [4.69, 9.17) is 4.74 Å². The van der Waals surface area contributed by atoms with Crippen LogP contribution in [0, 0.1) is 0 Å². The second-order valence-electron chi connectivity index (χ2n) is 6.00. The van der Waals surface area contributed by atoms with Gasteiger partial charge >= 0.3 is 6.09 Å². The summed E-state index contributed by atoms with van der Waals surface area (Å²) in [6.07, 6.45) is 3.15. The van der Waals surface area contributed by atoms with Gasteiger partial charge < -0.3 is 19.9 Å². The number of piperazine rings is 1. The summed E-state index contributed by atoms with van der Waals surface area (Å²) in [4.78, 5) is 31.6. The lowest BCUT2D eigenvalue weighted by atomic mass is 10.2. The predicted octanol–water partition coefficient (Wildman–Crippen LogP) is 1.40. The molecule has 2 aromatic heterocycles. The van der Waals surface area contributed by atoms with Gasteiger partial charge in [-0.2, -0.15) is 0 Å². The van der Waals surface area contributed by atoms with E-state index in [0.29, 0.717) is 45.1 Å². The number of ether oxygens (including phenoxy) is 1. The standard InChI is InChI=1S/C18H22N6O3/c1-2-27-18(26)24-10-8-23(9-11-24)17(25)15-5-6-16(22-21-15)20-13-14-4-3-7-19-12-14/h3-7,12H,2,8-11,13H2,1H3,(H,20,22). The molecule has 1 fully saturated rings. The quantitative estimate of drug-likeness (QED) is 0.849. The van der Waals surface area contributed by atoms with Crippen LogP contribution in [0.2, 0.25) is 0 Å².